The first-order valence-corrected chi connectivity index (χ1v) is 12.2. The van der Waals surface area contributed by atoms with E-state index in [0.717, 1.165) is 14.9 Å². The van der Waals surface area contributed by atoms with E-state index >= 15 is 0 Å². The highest BCUT2D eigenvalue weighted by Gasteiger charge is 2.35. The minimum Gasteiger partial charge on any atom is -0.493 e. The molecule has 2 amide bonds. The van der Waals surface area contributed by atoms with Crippen LogP contribution in [0.4, 0.5) is 10.1 Å². The summed E-state index contributed by atoms with van der Waals surface area (Å²) < 4.78 is 27.3. The number of carbonyl (C=O) groups excluding carboxylic acids is 2. The number of hydrogen-bond acceptors (Lipinski definition) is 5. The minimum atomic E-state index is -0.741. The molecule has 0 atom stereocenters. The molecule has 6 nitrogen and oxygen atoms in total. The van der Waals surface area contributed by atoms with Crippen molar-refractivity contribution in [2.45, 2.75) is 6.61 Å². The van der Waals surface area contributed by atoms with Gasteiger partial charge in [-0.3, -0.25) is 14.9 Å². The van der Waals surface area contributed by atoms with E-state index in [-0.39, 0.29) is 16.4 Å². The molecule has 4 rings (SSSR count). The van der Waals surface area contributed by atoms with Crippen molar-refractivity contribution in [2.75, 3.05) is 12.0 Å². The normalized spacial score (nSPS) is 14.8. The monoisotopic (exact) mass is 618 g/mol. The van der Waals surface area contributed by atoms with Crippen LogP contribution in [-0.4, -0.2) is 24.0 Å². The lowest BCUT2D eigenvalue weighted by Crippen LogP contribution is -2.54. The quantitative estimate of drug-likeness (QED) is 0.216. The standard InChI is InChI=1S/C25H17Br2FN2O4S/c1-33-21-12-15(11-18(27)22(21)34-13-14-6-8-16(26)9-7-14)10-17-23(31)29-25(35)30(24(17)32)20-5-3-2-4-19(20)28/h2-12H,13H2,1H3,(H,29,31,35)/b17-10+. The Kier molecular flexibility index (Phi) is 7.63. The molecule has 0 unspecified atom stereocenters. The molecule has 0 saturated carbocycles. The number of halogens is 3. The van der Waals surface area contributed by atoms with Crippen LogP contribution in [0.15, 0.2) is 75.2 Å². The summed E-state index contributed by atoms with van der Waals surface area (Å²) in [5, 5.41) is 2.25. The third-order valence-corrected chi connectivity index (χ3v) is 6.46. The molecule has 178 valence electrons. The van der Waals surface area contributed by atoms with Crippen LogP contribution in [-0.2, 0) is 16.2 Å². The molecule has 1 N–H and O–H groups in total. The zero-order valence-electron chi connectivity index (χ0n) is 18.2. The first-order valence-electron chi connectivity index (χ1n) is 10.2. The van der Waals surface area contributed by atoms with Crippen LogP contribution in [0.25, 0.3) is 6.08 Å². The van der Waals surface area contributed by atoms with Gasteiger partial charge in [0.1, 0.15) is 18.0 Å². The number of ether oxygens (including phenoxy) is 2. The number of nitrogens with one attached hydrogen (secondary N) is 1. The van der Waals surface area contributed by atoms with E-state index in [4.69, 9.17) is 21.7 Å². The van der Waals surface area contributed by atoms with Crippen molar-refractivity contribution in [3.8, 4) is 11.5 Å². The number of nitrogens with zero attached hydrogens (tertiary/aromatic N) is 1. The van der Waals surface area contributed by atoms with Gasteiger partial charge in [-0.15, -0.1) is 0 Å². The molecule has 0 aliphatic carbocycles. The van der Waals surface area contributed by atoms with E-state index in [0.29, 0.717) is 28.1 Å². The number of hydrogen-bond donors (Lipinski definition) is 1. The van der Waals surface area contributed by atoms with E-state index in [2.05, 4.69) is 37.2 Å². The lowest BCUT2D eigenvalue weighted by atomic mass is 10.1. The van der Waals surface area contributed by atoms with Crippen LogP contribution in [0, 0.1) is 5.82 Å². The third-order valence-electron chi connectivity index (χ3n) is 5.05. The molecule has 0 aromatic heterocycles. The van der Waals surface area contributed by atoms with Gasteiger partial charge in [-0.2, -0.15) is 0 Å². The number of anilines is 1. The van der Waals surface area contributed by atoms with E-state index in [9.17, 15) is 14.0 Å². The van der Waals surface area contributed by atoms with Gasteiger partial charge in [0, 0.05) is 4.47 Å². The Balaban J connectivity index is 1.64. The third kappa shape index (κ3) is 5.44. The maximum atomic E-state index is 14.4. The van der Waals surface area contributed by atoms with Crippen molar-refractivity contribution < 1.29 is 23.5 Å². The zero-order chi connectivity index (χ0) is 25.1. The molecule has 1 heterocycles. The topological polar surface area (TPSA) is 67.9 Å². The minimum absolute atomic E-state index is 0.0520. The fourth-order valence-electron chi connectivity index (χ4n) is 3.38. The van der Waals surface area contributed by atoms with Gasteiger partial charge in [-0.1, -0.05) is 40.2 Å². The van der Waals surface area contributed by atoms with E-state index in [1.807, 2.05) is 24.3 Å². The number of benzene rings is 3. The van der Waals surface area contributed by atoms with E-state index < -0.39 is 17.6 Å². The fraction of sp³-hybridized carbons (Fsp3) is 0.0800. The van der Waals surface area contributed by atoms with Gasteiger partial charge in [-0.25, -0.2) is 9.29 Å². The molecular weight excluding hydrogens is 603 g/mol. The van der Waals surface area contributed by atoms with Gasteiger partial charge in [0.25, 0.3) is 11.8 Å². The van der Waals surface area contributed by atoms with Crippen LogP contribution in [0.1, 0.15) is 11.1 Å². The molecule has 10 heteroatoms. The Hall–Kier alpha value is -3.08. The summed E-state index contributed by atoms with van der Waals surface area (Å²) in [5.41, 5.74) is 1.19. The van der Waals surface area contributed by atoms with Gasteiger partial charge in [0.05, 0.1) is 17.3 Å². The first-order chi connectivity index (χ1) is 16.8. The molecule has 0 radical (unpaired) electrons. The Bertz CT molecular complexity index is 1360. The Morgan fingerprint density at radius 3 is 2.49 bits per heavy atom. The predicted molar refractivity (Wildman–Crippen MR) is 142 cm³/mol. The lowest BCUT2D eigenvalue weighted by molar-refractivity contribution is -0.122. The lowest BCUT2D eigenvalue weighted by Gasteiger charge is -2.29. The zero-order valence-corrected chi connectivity index (χ0v) is 22.2. The molecule has 3 aromatic rings. The number of methoxy groups -OCH3 is 1. The molecule has 3 aromatic carbocycles. The highest BCUT2D eigenvalue weighted by Crippen LogP contribution is 2.38. The van der Waals surface area contributed by atoms with Crippen molar-refractivity contribution in [2.24, 2.45) is 0 Å². The summed E-state index contributed by atoms with van der Waals surface area (Å²) in [4.78, 5) is 26.7. The van der Waals surface area contributed by atoms with Crippen molar-refractivity contribution >= 4 is 72.8 Å². The molecule has 1 aliphatic heterocycles. The SMILES string of the molecule is COc1cc(/C=C2\C(=O)NC(=S)N(c3ccccc3F)C2=O)cc(Br)c1OCc1ccc(Br)cc1. The summed E-state index contributed by atoms with van der Waals surface area (Å²) >= 11 is 12.0. The second-order valence-electron chi connectivity index (χ2n) is 7.36. The van der Waals surface area contributed by atoms with E-state index in [1.165, 1.54) is 31.4 Å². The number of carbonyl (C=O) groups is 2. The van der Waals surface area contributed by atoms with Crippen molar-refractivity contribution in [3.63, 3.8) is 0 Å². The summed E-state index contributed by atoms with van der Waals surface area (Å²) in [5.74, 6) is -1.21. The van der Waals surface area contributed by atoms with Crippen LogP contribution in [0.5, 0.6) is 11.5 Å². The second-order valence-corrected chi connectivity index (χ2v) is 9.52. The number of rotatable bonds is 6. The molecule has 1 fully saturated rings. The number of amides is 2. The van der Waals surface area contributed by atoms with Crippen LogP contribution >= 0.6 is 44.1 Å². The average molecular weight is 620 g/mol. The molecular formula is C25H17Br2FN2O4S. The van der Waals surface area contributed by atoms with Crippen molar-refractivity contribution in [1.29, 1.82) is 0 Å². The number of thiocarbonyl (C=S) groups is 1. The van der Waals surface area contributed by atoms with Crippen LogP contribution in [0.2, 0.25) is 0 Å². The molecule has 1 aliphatic rings. The van der Waals surface area contributed by atoms with E-state index in [1.54, 1.807) is 18.2 Å². The molecule has 35 heavy (non-hydrogen) atoms. The van der Waals surface area contributed by atoms with Gasteiger partial charge >= 0.3 is 0 Å². The molecule has 0 bridgehead atoms. The highest BCUT2D eigenvalue weighted by molar-refractivity contribution is 9.10. The second kappa shape index (κ2) is 10.7. The summed E-state index contributed by atoms with van der Waals surface area (Å²) in [6.45, 7) is 0.304. The van der Waals surface area contributed by atoms with Gasteiger partial charge < -0.3 is 9.47 Å². The summed E-state index contributed by atoms with van der Waals surface area (Å²) in [7, 11) is 1.49. The first kappa shape index (κ1) is 25.0. The number of para-hydroxylation sites is 1. The van der Waals surface area contributed by atoms with Crippen molar-refractivity contribution in [1.82, 2.24) is 5.32 Å². The van der Waals surface area contributed by atoms with Gasteiger partial charge in [0.2, 0.25) is 0 Å². The molecule has 0 spiro atoms. The summed E-state index contributed by atoms with van der Waals surface area (Å²) in [6, 6.07) is 16.7. The maximum absolute atomic E-state index is 14.4. The van der Waals surface area contributed by atoms with Gasteiger partial charge in [-0.05, 0) is 81.7 Å². The van der Waals surface area contributed by atoms with Gasteiger partial charge in [0.15, 0.2) is 16.6 Å². The highest BCUT2D eigenvalue weighted by atomic mass is 79.9. The summed E-state index contributed by atoms with van der Waals surface area (Å²) in [6.07, 6.45) is 1.39. The smallest absolute Gasteiger partial charge is 0.270 e. The molecule has 1 saturated heterocycles. The average Bonchev–Trinajstić information content (AvgIpc) is 2.83. The predicted octanol–water partition coefficient (Wildman–Crippen LogP) is 5.77. The van der Waals surface area contributed by atoms with Crippen molar-refractivity contribution in [3.05, 3.63) is 92.1 Å². The fourth-order valence-corrected chi connectivity index (χ4v) is 4.49. The Morgan fingerprint density at radius 1 is 1.09 bits per heavy atom. The Morgan fingerprint density at radius 2 is 1.80 bits per heavy atom. The maximum Gasteiger partial charge on any atom is 0.270 e. The largest absolute Gasteiger partial charge is 0.493 e. The van der Waals surface area contributed by atoms with Crippen LogP contribution < -0.4 is 19.7 Å². The van der Waals surface area contributed by atoms with Crippen LogP contribution in [0.3, 0.4) is 0 Å². The Labute approximate surface area is 223 Å².